The van der Waals surface area contributed by atoms with Crippen molar-refractivity contribution in [1.82, 2.24) is 19.6 Å². The molecule has 0 bridgehead atoms. The van der Waals surface area contributed by atoms with Crippen molar-refractivity contribution in [3.8, 4) is 11.4 Å². The van der Waals surface area contributed by atoms with Gasteiger partial charge >= 0.3 is 0 Å². The second-order valence-corrected chi connectivity index (χ2v) is 8.15. The van der Waals surface area contributed by atoms with Gasteiger partial charge < -0.3 is 0 Å². The fraction of sp³-hybridized carbons (Fsp3) is 0.136. The zero-order valence-electron chi connectivity index (χ0n) is 17.5. The van der Waals surface area contributed by atoms with Crippen LogP contribution in [0.3, 0.4) is 0 Å². The Morgan fingerprint density at radius 3 is 2.31 bits per heavy atom. The van der Waals surface area contributed by atoms with E-state index in [9.17, 15) is 14.9 Å². The molecule has 0 spiro atoms. The van der Waals surface area contributed by atoms with E-state index in [1.165, 1.54) is 16.8 Å². The summed E-state index contributed by atoms with van der Waals surface area (Å²) in [6.07, 6.45) is 1.54. The maximum Gasteiger partial charge on any atom is 0.280 e. The number of hydrogen-bond acceptors (Lipinski definition) is 5. The van der Waals surface area contributed by atoms with Crippen molar-refractivity contribution in [1.29, 1.82) is 0 Å². The average molecular weight is 495 g/mol. The number of nitro benzene ring substituents is 1. The van der Waals surface area contributed by atoms with E-state index in [0.717, 1.165) is 15.9 Å². The second kappa shape index (κ2) is 8.39. The Bertz CT molecular complexity index is 1400. The van der Waals surface area contributed by atoms with E-state index in [1.807, 2.05) is 45.0 Å². The highest BCUT2D eigenvalue weighted by atomic mass is 79.9. The minimum absolute atomic E-state index is 0.0125. The summed E-state index contributed by atoms with van der Waals surface area (Å²) in [5.41, 5.74) is 4.44. The van der Waals surface area contributed by atoms with Gasteiger partial charge in [-0.25, -0.2) is 9.36 Å². The number of aryl methyl sites for hydroxylation is 2. The lowest BCUT2D eigenvalue weighted by molar-refractivity contribution is -0.384. The molecule has 2 aromatic carbocycles. The summed E-state index contributed by atoms with van der Waals surface area (Å²) in [6.45, 7) is 5.50. The third-order valence-corrected chi connectivity index (χ3v) is 5.61. The van der Waals surface area contributed by atoms with Crippen LogP contribution in [-0.2, 0) is 0 Å². The zero-order chi connectivity index (χ0) is 23.0. The third kappa shape index (κ3) is 3.92. The highest BCUT2D eigenvalue weighted by Crippen LogP contribution is 2.26. The van der Waals surface area contributed by atoms with Gasteiger partial charge in [-0.15, -0.1) is 0 Å². The molecule has 4 rings (SSSR count). The molecule has 4 aromatic rings. The second-order valence-electron chi connectivity index (χ2n) is 7.23. The van der Waals surface area contributed by atoms with Gasteiger partial charge in [0.15, 0.2) is 0 Å². The number of non-ortho nitro benzene ring substituents is 1. The predicted octanol–water partition coefficient (Wildman–Crippen LogP) is 4.70. The van der Waals surface area contributed by atoms with Crippen LogP contribution in [0.25, 0.3) is 11.4 Å². The number of aliphatic imine (C=N–C) groups is 1. The molecule has 0 aliphatic rings. The molecule has 1 N–H and O–H groups in total. The quantitative estimate of drug-likeness (QED) is 0.246. The summed E-state index contributed by atoms with van der Waals surface area (Å²) in [7, 11) is 0. The van der Waals surface area contributed by atoms with Crippen molar-refractivity contribution in [2.24, 2.45) is 4.99 Å². The largest absolute Gasteiger partial charge is 0.295 e. The Morgan fingerprint density at radius 1 is 1.06 bits per heavy atom. The first-order valence-electron chi connectivity index (χ1n) is 9.69. The molecule has 0 amide bonds. The number of hydrogen-bond donors (Lipinski definition) is 1. The molecule has 0 radical (unpaired) electrons. The first-order valence-corrected chi connectivity index (χ1v) is 10.5. The smallest absolute Gasteiger partial charge is 0.280 e. The van der Waals surface area contributed by atoms with Crippen LogP contribution in [-0.4, -0.2) is 30.7 Å². The maximum atomic E-state index is 12.9. The number of rotatable bonds is 5. The van der Waals surface area contributed by atoms with Gasteiger partial charge in [0.05, 0.1) is 33.2 Å². The van der Waals surface area contributed by atoms with Gasteiger partial charge in [-0.2, -0.15) is 5.10 Å². The lowest BCUT2D eigenvalue weighted by atomic mass is 10.2. The summed E-state index contributed by atoms with van der Waals surface area (Å²) in [6, 6.07) is 13.5. The van der Waals surface area contributed by atoms with Gasteiger partial charge in [-0.1, -0.05) is 15.9 Å². The van der Waals surface area contributed by atoms with Crippen LogP contribution in [0.1, 0.15) is 22.6 Å². The van der Waals surface area contributed by atoms with Crippen LogP contribution in [0.2, 0.25) is 0 Å². The van der Waals surface area contributed by atoms with Gasteiger partial charge in [0.2, 0.25) is 0 Å². The zero-order valence-corrected chi connectivity index (χ0v) is 19.1. The average Bonchev–Trinajstić information content (AvgIpc) is 3.22. The summed E-state index contributed by atoms with van der Waals surface area (Å²) in [4.78, 5) is 27.9. The number of nitrogens with one attached hydrogen (secondary N) is 1. The van der Waals surface area contributed by atoms with E-state index < -0.39 is 4.92 Å². The molecule has 0 saturated carbocycles. The normalized spacial score (nSPS) is 11.4. The number of halogens is 1. The van der Waals surface area contributed by atoms with Crippen molar-refractivity contribution in [3.63, 3.8) is 0 Å². The van der Waals surface area contributed by atoms with Gasteiger partial charge in [-0.05, 0) is 57.2 Å². The van der Waals surface area contributed by atoms with Crippen LogP contribution in [0.15, 0.2) is 62.8 Å². The molecule has 32 heavy (non-hydrogen) atoms. The minimum atomic E-state index is -0.443. The Balaban J connectivity index is 1.68. The molecule has 0 unspecified atom stereocenters. The Hall–Kier alpha value is -3.79. The van der Waals surface area contributed by atoms with E-state index >= 15 is 0 Å². The predicted molar refractivity (Wildman–Crippen MR) is 126 cm³/mol. The van der Waals surface area contributed by atoms with Gasteiger partial charge in [0.25, 0.3) is 11.2 Å². The number of aromatic nitrogens is 4. The number of H-pyrrole nitrogens is 1. The van der Waals surface area contributed by atoms with Crippen LogP contribution in [0.4, 0.5) is 11.4 Å². The Labute approximate surface area is 191 Å². The maximum absolute atomic E-state index is 12.9. The molecule has 10 heteroatoms. The molecule has 0 saturated heterocycles. The first-order chi connectivity index (χ1) is 15.3. The van der Waals surface area contributed by atoms with Gasteiger partial charge in [-0.3, -0.25) is 25.0 Å². The standard InChI is InChI=1S/C22H19BrN6O3/c1-13-20(22(30)28(25-13)18-6-4-16(23)5-7-18)12-24-21-14(2)26-27(15(21)3)17-8-10-19(11-9-17)29(31)32/h4-12,25H,1-3H3. The van der Waals surface area contributed by atoms with E-state index in [-0.39, 0.29) is 11.2 Å². The lowest BCUT2D eigenvalue weighted by Crippen LogP contribution is -2.17. The fourth-order valence-corrected chi connectivity index (χ4v) is 3.67. The van der Waals surface area contributed by atoms with Crippen LogP contribution in [0.5, 0.6) is 0 Å². The van der Waals surface area contributed by atoms with E-state index in [1.54, 1.807) is 23.0 Å². The highest BCUT2D eigenvalue weighted by Gasteiger charge is 2.15. The summed E-state index contributed by atoms with van der Waals surface area (Å²) < 4.78 is 4.08. The Kier molecular flexibility index (Phi) is 5.62. The number of nitrogens with zero attached hydrogens (tertiary/aromatic N) is 5. The monoisotopic (exact) mass is 494 g/mol. The highest BCUT2D eigenvalue weighted by molar-refractivity contribution is 9.10. The molecule has 162 valence electrons. The van der Waals surface area contributed by atoms with E-state index in [0.29, 0.717) is 28.3 Å². The molecule has 0 aliphatic heterocycles. The topological polar surface area (TPSA) is 111 Å². The molecule has 9 nitrogen and oxygen atoms in total. The van der Waals surface area contributed by atoms with Crippen LogP contribution < -0.4 is 5.56 Å². The van der Waals surface area contributed by atoms with Gasteiger partial charge in [0.1, 0.15) is 5.69 Å². The summed E-state index contributed by atoms with van der Waals surface area (Å²) >= 11 is 3.39. The molecule has 0 aliphatic carbocycles. The van der Waals surface area contributed by atoms with Crippen molar-refractivity contribution >= 4 is 33.5 Å². The van der Waals surface area contributed by atoms with Gasteiger partial charge in [0, 0.05) is 28.5 Å². The molecule has 0 fully saturated rings. The van der Waals surface area contributed by atoms with Crippen LogP contribution >= 0.6 is 15.9 Å². The van der Waals surface area contributed by atoms with Crippen molar-refractivity contribution in [2.75, 3.05) is 0 Å². The van der Waals surface area contributed by atoms with Crippen molar-refractivity contribution in [3.05, 3.63) is 96.1 Å². The van der Waals surface area contributed by atoms with Crippen LogP contribution in [0, 0.1) is 30.9 Å². The first kappa shape index (κ1) is 21.4. The molecule has 0 atom stereocenters. The van der Waals surface area contributed by atoms with E-state index in [2.05, 4.69) is 31.1 Å². The molecule has 2 aromatic heterocycles. The van der Waals surface area contributed by atoms with Crippen molar-refractivity contribution in [2.45, 2.75) is 20.8 Å². The molecular weight excluding hydrogens is 476 g/mol. The van der Waals surface area contributed by atoms with E-state index in [4.69, 9.17) is 0 Å². The molecule has 2 heterocycles. The minimum Gasteiger partial charge on any atom is -0.295 e. The third-order valence-electron chi connectivity index (χ3n) is 5.08. The summed E-state index contributed by atoms with van der Waals surface area (Å²) in [5.74, 6) is 0. The number of benzene rings is 2. The van der Waals surface area contributed by atoms with Crippen molar-refractivity contribution < 1.29 is 4.92 Å². The lowest BCUT2D eigenvalue weighted by Gasteiger charge is -2.03. The fourth-order valence-electron chi connectivity index (χ4n) is 3.40. The summed E-state index contributed by atoms with van der Waals surface area (Å²) in [5, 5.41) is 18.5. The SMILES string of the molecule is Cc1nn(-c2ccc([N+](=O)[O-])cc2)c(C)c1N=Cc1c(C)[nH]n(-c2ccc(Br)cc2)c1=O. The Morgan fingerprint density at radius 2 is 1.69 bits per heavy atom. The molecular formula is C22H19BrN6O3. The number of aromatic amines is 1. The number of nitro groups is 1.